The highest BCUT2D eigenvalue weighted by molar-refractivity contribution is 5.87. The topological polar surface area (TPSA) is 70.9 Å². The number of benzene rings is 2. The fraction of sp³-hybridized carbons (Fsp3) is 0.100. The van der Waals surface area contributed by atoms with Crippen molar-refractivity contribution < 1.29 is 9.90 Å². The van der Waals surface area contributed by atoms with E-state index in [4.69, 9.17) is 5.11 Å². The van der Waals surface area contributed by atoms with Gasteiger partial charge in [0.05, 0.1) is 5.56 Å². The lowest BCUT2D eigenvalue weighted by molar-refractivity contribution is 0.0697. The summed E-state index contributed by atoms with van der Waals surface area (Å²) in [5.74, 6) is 0.0346. The van der Waals surface area contributed by atoms with E-state index in [0.29, 0.717) is 12.1 Å². The van der Waals surface area contributed by atoms with E-state index in [9.17, 15) is 4.79 Å². The number of carboxylic acids is 1. The smallest absolute Gasteiger partial charge is 0.335 e. The van der Waals surface area contributed by atoms with E-state index in [1.165, 1.54) is 10.9 Å². The Kier molecular flexibility index (Phi) is 3.82. The lowest BCUT2D eigenvalue weighted by Gasteiger charge is -2.06. The zero-order valence-corrected chi connectivity index (χ0v) is 13.5. The minimum Gasteiger partial charge on any atom is -0.478 e. The average Bonchev–Trinajstić information content (AvgIpc) is 3.25. The Hall–Kier alpha value is -3.34. The first-order valence-corrected chi connectivity index (χ1v) is 8.08. The van der Waals surface area contributed by atoms with Crippen LogP contribution in [-0.4, -0.2) is 25.6 Å². The van der Waals surface area contributed by atoms with Crippen LogP contribution in [0.25, 0.3) is 10.9 Å². The van der Waals surface area contributed by atoms with Gasteiger partial charge in [-0.05, 0) is 29.3 Å². The molecule has 25 heavy (non-hydrogen) atoms. The molecule has 0 aliphatic heterocycles. The second kappa shape index (κ2) is 6.28. The summed E-state index contributed by atoms with van der Waals surface area (Å²) < 4.78 is 2.20. The molecule has 0 fully saturated rings. The molecule has 0 atom stereocenters. The molecule has 0 bridgehead atoms. The second-order valence-corrected chi connectivity index (χ2v) is 6.01. The maximum absolute atomic E-state index is 11.0. The molecule has 0 unspecified atom stereocenters. The Bertz CT molecular complexity index is 1010. The molecule has 0 aliphatic rings. The average molecular weight is 331 g/mol. The van der Waals surface area contributed by atoms with Crippen LogP contribution in [0.1, 0.15) is 27.3 Å². The number of H-pyrrole nitrogens is 1. The van der Waals surface area contributed by atoms with Gasteiger partial charge < -0.3 is 14.7 Å². The lowest BCUT2D eigenvalue weighted by Crippen LogP contribution is -2.00. The van der Waals surface area contributed by atoms with E-state index in [-0.39, 0.29) is 0 Å². The molecular formula is C20H17N3O2. The van der Waals surface area contributed by atoms with Crippen molar-refractivity contribution in [2.45, 2.75) is 13.0 Å². The third kappa shape index (κ3) is 3.04. The van der Waals surface area contributed by atoms with Crippen LogP contribution in [0.2, 0.25) is 0 Å². The summed E-state index contributed by atoms with van der Waals surface area (Å²) >= 11 is 0. The molecule has 2 aromatic carbocycles. The minimum absolute atomic E-state index is 0.305. The fourth-order valence-corrected chi connectivity index (χ4v) is 3.12. The van der Waals surface area contributed by atoms with E-state index in [2.05, 4.69) is 32.9 Å². The number of aromatic nitrogens is 3. The van der Waals surface area contributed by atoms with Crippen LogP contribution < -0.4 is 0 Å². The number of hydrogen-bond acceptors (Lipinski definition) is 2. The molecule has 0 saturated carbocycles. The van der Waals surface area contributed by atoms with E-state index < -0.39 is 5.97 Å². The summed E-state index contributed by atoms with van der Waals surface area (Å²) in [6, 6.07) is 15.3. The predicted octanol–water partition coefficient (Wildman–Crippen LogP) is 3.70. The predicted molar refractivity (Wildman–Crippen MR) is 95.8 cm³/mol. The molecule has 0 radical (unpaired) electrons. The number of nitrogens with zero attached hydrogens (tertiary/aromatic N) is 2. The van der Waals surface area contributed by atoms with Crippen LogP contribution in [0.3, 0.4) is 0 Å². The second-order valence-electron chi connectivity index (χ2n) is 6.01. The molecule has 0 spiro atoms. The quantitative estimate of drug-likeness (QED) is 0.586. The molecule has 2 N–H and O–H groups in total. The van der Waals surface area contributed by atoms with Gasteiger partial charge in [0.1, 0.15) is 5.82 Å². The van der Waals surface area contributed by atoms with Crippen molar-refractivity contribution in [2.24, 2.45) is 0 Å². The number of aromatic carboxylic acids is 1. The molecule has 0 saturated heterocycles. The highest BCUT2D eigenvalue weighted by atomic mass is 16.4. The summed E-state index contributed by atoms with van der Waals surface area (Å²) in [6.07, 6.45) is 6.49. The van der Waals surface area contributed by atoms with Gasteiger partial charge in [0.15, 0.2) is 0 Å². The molecule has 4 aromatic rings. The van der Waals surface area contributed by atoms with Crippen molar-refractivity contribution >= 4 is 16.9 Å². The van der Waals surface area contributed by atoms with Crippen LogP contribution in [0, 0.1) is 0 Å². The Balaban J connectivity index is 1.68. The van der Waals surface area contributed by atoms with Gasteiger partial charge in [-0.25, -0.2) is 9.78 Å². The van der Waals surface area contributed by atoms with Crippen molar-refractivity contribution in [1.82, 2.24) is 14.5 Å². The Morgan fingerprint density at radius 2 is 1.92 bits per heavy atom. The normalized spacial score (nSPS) is 11.0. The van der Waals surface area contributed by atoms with Crippen molar-refractivity contribution in [1.29, 1.82) is 0 Å². The number of carboxylic acid groups (broad SMARTS) is 1. The SMILES string of the molecule is O=C(O)c1ccc(Cn2cc(Cc3ncc[nH]3)c3ccccc32)cc1. The third-order valence-electron chi connectivity index (χ3n) is 4.34. The molecule has 2 heterocycles. The molecule has 5 nitrogen and oxygen atoms in total. The molecule has 2 aromatic heterocycles. The number of para-hydroxylation sites is 1. The van der Waals surface area contributed by atoms with Gasteiger partial charge in [0.25, 0.3) is 0 Å². The first kappa shape index (κ1) is 15.2. The van der Waals surface area contributed by atoms with E-state index in [0.717, 1.165) is 23.3 Å². The first-order valence-electron chi connectivity index (χ1n) is 8.08. The number of aromatic amines is 1. The lowest BCUT2D eigenvalue weighted by atomic mass is 10.1. The van der Waals surface area contributed by atoms with Gasteiger partial charge in [0, 0.05) is 42.5 Å². The monoisotopic (exact) mass is 331 g/mol. The number of nitrogens with one attached hydrogen (secondary N) is 1. The Morgan fingerprint density at radius 3 is 2.64 bits per heavy atom. The highest BCUT2D eigenvalue weighted by Gasteiger charge is 2.10. The van der Waals surface area contributed by atoms with Gasteiger partial charge >= 0.3 is 5.97 Å². The van der Waals surface area contributed by atoms with Crippen molar-refractivity contribution in [3.8, 4) is 0 Å². The van der Waals surface area contributed by atoms with E-state index in [1.807, 2.05) is 30.5 Å². The summed E-state index contributed by atoms with van der Waals surface area (Å²) in [5, 5.41) is 10.2. The molecule has 0 aliphatic carbocycles. The van der Waals surface area contributed by atoms with Crippen molar-refractivity contribution in [2.75, 3.05) is 0 Å². The summed E-state index contributed by atoms with van der Waals surface area (Å²) in [7, 11) is 0. The molecular weight excluding hydrogens is 314 g/mol. The first-order chi connectivity index (χ1) is 12.2. The number of carbonyl (C=O) groups is 1. The zero-order valence-electron chi connectivity index (χ0n) is 13.5. The van der Waals surface area contributed by atoms with Crippen LogP contribution in [0.5, 0.6) is 0 Å². The summed E-state index contributed by atoms with van der Waals surface area (Å²) in [5.41, 5.74) is 3.74. The third-order valence-corrected chi connectivity index (χ3v) is 4.34. The Morgan fingerprint density at radius 1 is 1.12 bits per heavy atom. The van der Waals surface area contributed by atoms with Gasteiger partial charge in [-0.3, -0.25) is 0 Å². The number of fused-ring (bicyclic) bond motifs is 1. The molecule has 4 rings (SSSR count). The van der Waals surface area contributed by atoms with Crippen LogP contribution in [0.15, 0.2) is 67.1 Å². The van der Waals surface area contributed by atoms with Gasteiger partial charge in [-0.15, -0.1) is 0 Å². The molecule has 0 amide bonds. The standard InChI is InChI=1S/C20H17N3O2/c24-20(25)15-7-5-14(6-8-15)12-23-13-16(11-19-21-9-10-22-19)17-3-1-2-4-18(17)23/h1-10,13H,11-12H2,(H,21,22)(H,24,25). The summed E-state index contributed by atoms with van der Waals surface area (Å²) in [6.45, 7) is 0.693. The number of rotatable bonds is 5. The Labute approximate surface area is 144 Å². The van der Waals surface area contributed by atoms with E-state index in [1.54, 1.807) is 18.3 Å². The molecule has 124 valence electrons. The van der Waals surface area contributed by atoms with Crippen LogP contribution in [0.4, 0.5) is 0 Å². The maximum atomic E-state index is 11.0. The minimum atomic E-state index is -0.904. The number of imidazole rings is 1. The molecule has 5 heteroatoms. The van der Waals surface area contributed by atoms with E-state index >= 15 is 0 Å². The van der Waals surface area contributed by atoms with Crippen LogP contribution >= 0.6 is 0 Å². The van der Waals surface area contributed by atoms with Crippen molar-refractivity contribution in [3.05, 3.63) is 89.6 Å². The number of hydrogen-bond donors (Lipinski definition) is 2. The largest absolute Gasteiger partial charge is 0.478 e. The van der Waals surface area contributed by atoms with Gasteiger partial charge in [-0.1, -0.05) is 30.3 Å². The van der Waals surface area contributed by atoms with Crippen molar-refractivity contribution in [3.63, 3.8) is 0 Å². The summed E-state index contributed by atoms with van der Waals surface area (Å²) in [4.78, 5) is 18.5. The van der Waals surface area contributed by atoms with Gasteiger partial charge in [0.2, 0.25) is 0 Å². The maximum Gasteiger partial charge on any atom is 0.335 e. The highest BCUT2D eigenvalue weighted by Crippen LogP contribution is 2.24. The van der Waals surface area contributed by atoms with Crippen LogP contribution in [-0.2, 0) is 13.0 Å². The zero-order chi connectivity index (χ0) is 17.2. The van der Waals surface area contributed by atoms with Gasteiger partial charge in [-0.2, -0.15) is 0 Å². The fourth-order valence-electron chi connectivity index (χ4n) is 3.12.